The van der Waals surface area contributed by atoms with Crippen LogP contribution in [-0.4, -0.2) is 25.0 Å². The summed E-state index contributed by atoms with van der Waals surface area (Å²) >= 11 is 0. The lowest BCUT2D eigenvalue weighted by molar-refractivity contribution is 0.308. The Hall–Kier alpha value is -0.0400. The molecule has 3 rings (SSSR count). The third-order valence-electron chi connectivity index (χ3n) is 3.11. The molecule has 2 heterocycles. The fourth-order valence-corrected chi connectivity index (χ4v) is 2.55. The number of nitrogens with zero attached hydrogens (tertiary/aromatic N) is 1. The van der Waals surface area contributed by atoms with E-state index in [0.717, 1.165) is 11.8 Å². The van der Waals surface area contributed by atoms with Crippen LogP contribution in [0.25, 0.3) is 0 Å². The van der Waals surface area contributed by atoms with Crippen molar-refractivity contribution in [2.24, 2.45) is 11.8 Å². The molecule has 0 aromatic heterocycles. The smallest absolute Gasteiger partial charge is 0.000673 e. The first-order valence-electron chi connectivity index (χ1n) is 4.53. The lowest BCUT2D eigenvalue weighted by atomic mass is 9.84. The number of fused-ring (bicyclic) bond motifs is 4. The van der Waals surface area contributed by atoms with E-state index in [0.29, 0.717) is 0 Å². The molecule has 0 atom stereocenters. The van der Waals surface area contributed by atoms with E-state index >= 15 is 0 Å². The average molecular weight is 139 g/mol. The maximum Gasteiger partial charge on any atom is 0.000673 e. The molecule has 2 bridgehead atoms. The molecule has 0 amide bonds. The van der Waals surface area contributed by atoms with Crippen molar-refractivity contribution in [3.05, 3.63) is 0 Å². The monoisotopic (exact) mass is 139 g/mol. The van der Waals surface area contributed by atoms with Gasteiger partial charge in [0.05, 0.1) is 0 Å². The van der Waals surface area contributed by atoms with Gasteiger partial charge in [0.25, 0.3) is 0 Å². The van der Waals surface area contributed by atoms with E-state index < -0.39 is 0 Å². The predicted octanol–water partition coefficient (Wildman–Crippen LogP) is 1.74. The number of rotatable bonds is 0. The van der Waals surface area contributed by atoms with Crippen LogP contribution in [0.2, 0.25) is 0 Å². The summed E-state index contributed by atoms with van der Waals surface area (Å²) < 4.78 is 0. The predicted molar refractivity (Wildman–Crippen MR) is 42.9 cm³/mol. The summed E-state index contributed by atoms with van der Waals surface area (Å²) in [6, 6.07) is 0. The highest BCUT2D eigenvalue weighted by Crippen LogP contribution is 2.32. The van der Waals surface area contributed by atoms with Crippen molar-refractivity contribution in [2.75, 3.05) is 20.1 Å². The molecule has 2 aliphatic heterocycles. The standard InChI is InChI=1S/C9H17N/c1-10-6-8-2-3-9(7-10)5-4-8/h8-9H,2-7H2,1H3/t8-,9+. The van der Waals surface area contributed by atoms with Crippen molar-refractivity contribution < 1.29 is 0 Å². The lowest BCUT2D eigenvalue weighted by Crippen LogP contribution is -2.23. The van der Waals surface area contributed by atoms with E-state index in [4.69, 9.17) is 0 Å². The summed E-state index contributed by atoms with van der Waals surface area (Å²) in [6.07, 6.45) is 6.04. The Balaban J connectivity index is 2.05. The van der Waals surface area contributed by atoms with Crippen molar-refractivity contribution in [3.63, 3.8) is 0 Å². The van der Waals surface area contributed by atoms with Gasteiger partial charge in [-0.2, -0.15) is 0 Å². The van der Waals surface area contributed by atoms with Crippen LogP contribution in [0.4, 0.5) is 0 Å². The minimum atomic E-state index is 1.05. The molecule has 1 heteroatoms. The Morgan fingerprint density at radius 3 is 1.70 bits per heavy atom. The first-order chi connectivity index (χ1) is 4.84. The van der Waals surface area contributed by atoms with Gasteiger partial charge in [0, 0.05) is 13.1 Å². The highest BCUT2D eigenvalue weighted by Gasteiger charge is 2.27. The minimum Gasteiger partial charge on any atom is -0.306 e. The number of hydrogen-bond acceptors (Lipinski definition) is 1. The van der Waals surface area contributed by atoms with Gasteiger partial charge in [-0.25, -0.2) is 0 Å². The van der Waals surface area contributed by atoms with Crippen LogP contribution in [0.5, 0.6) is 0 Å². The van der Waals surface area contributed by atoms with Crippen molar-refractivity contribution >= 4 is 0 Å². The fourth-order valence-electron chi connectivity index (χ4n) is 2.55. The highest BCUT2D eigenvalue weighted by molar-refractivity contribution is 4.80. The molecule has 1 aliphatic carbocycles. The Morgan fingerprint density at radius 2 is 1.30 bits per heavy atom. The van der Waals surface area contributed by atoms with Crippen LogP contribution < -0.4 is 0 Å². The molecule has 3 aliphatic rings. The second-order valence-corrected chi connectivity index (χ2v) is 4.11. The van der Waals surface area contributed by atoms with E-state index in [1.165, 1.54) is 38.8 Å². The van der Waals surface area contributed by atoms with Gasteiger partial charge < -0.3 is 4.90 Å². The summed E-state index contributed by atoms with van der Waals surface area (Å²) in [5, 5.41) is 0. The Kier molecular flexibility index (Phi) is 1.69. The minimum absolute atomic E-state index is 1.05. The van der Waals surface area contributed by atoms with Crippen LogP contribution in [0.15, 0.2) is 0 Å². The maximum absolute atomic E-state index is 2.52. The largest absolute Gasteiger partial charge is 0.306 e. The molecule has 0 radical (unpaired) electrons. The molecule has 0 unspecified atom stereocenters. The molecule has 1 nitrogen and oxygen atoms in total. The van der Waals surface area contributed by atoms with Crippen molar-refractivity contribution in [2.45, 2.75) is 25.7 Å². The van der Waals surface area contributed by atoms with Crippen molar-refractivity contribution in [3.8, 4) is 0 Å². The summed E-state index contributed by atoms with van der Waals surface area (Å²) in [7, 11) is 2.27. The summed E-state index contributed by atoms with van der Waals surface area (Å²) in [5.41, 5.74) is 0. The van der Waals surface area contributed by atoms with E-state index in [1.807, 2.05) is 0 Å². The molecular weight excluding hydrogens is 122 g/mol. The molecule has 0 aromatic carbocycles. The average Bonchev–Trinajstić information content (AvgIpc) is 2.17. The van der Waals surface area contributed by atoms with Gasteiger partial charge in [0.15, 0.2) is 0 Å². The van der Waals surface area contributed by atoms with E-state index in [-0.39, 0.29) is 0 Å². The molecule has 58 valence electrons. The maximum atomic E-state index is 2.52. The highest BCUT2D eigenvalue weighted by atomic mass is 15.1. The van der Waals surface area contributed by atoms with Crippen molar-refractivity contribution in [1.29, 1.82) is 0 Å². The zero-order valence-electron chi connectivity index (χ0n) is 6.84. The second-order valence-electron chi connectivity index (χ2n) is 4.11. The van der Waals surface area contributed by atoms with Crippen molar-refractivity contribution in [1.82, 2.24) is 4.90 Å². The Bertz CT molecular complexity index is 99.9. The van der Waals surface area contributed by atoms with Crippen LogP contribution in [-0.2, 0) is 0 Å². The normalized spacial score (nSPS) is 41.7. The molecule has 0 N–H and O–H groups in total. The Morgan fingerprint density at radius 1 is 0.900 bits per heavy atom. The van der Waals surface area contributed by atoms with Gasteiger partial charge >= 0.3 is 0 Å². The van der Waals surface area contributed by atoms with Crippen LogP contribution in [0.1, 0.15) is 25.7 Å². The molecule has 0 aromatic rings. The Labute approximate surface area is 63.4 Å². The van der Waals surface area contributed by atoms with Crippen LogP contribution >= 0.6 is 0 Å². The van der Waals surface area contributed by atoms with Gasteiger partial charge in [0.2, 0.25) is 0 Å². The summed E-state index contributed by atoms with van der Waals surface area (Å²) in [6.45, 7) is 2.74. The van der Waals surface area contributed by atoms with Gasteiger partial charge in [-0.15, -0.1) is 0 Å². The van der Waals surface area contributed by atoms with Gasteiger partial charge in [-0.3, -0.25) is 0 Å². The van der Waals surface area contributed by atoms with Gasteiger partial charge in [-0.05, 0) is 44.6 Å². The van der Waals surface area contributed by atoms with E-state index in [9.17, 15) is 0 Å². The quantitative estimate of drug-likeness (QED) is 0.494. The third-order valence-corrected chi connectivity index (χ3v) is 3.11. The van der Waals surface area contributed by atoms with E-state index in [2.05, 4.69) is 11.9 Å². The lowest BCUT2D eigenvalue weighted by Gasteiger charge is -2.21. The fraction of sp³-hybridized carbons (Fsp3) is 1.00. The second kappa shape index (κ2) is 2.54. The van der Waals surface area contributed by atoms with E-state index in [1.54, 1.807) is 0 Å². The SMILES string of the molecule is CN1C[C@H]2CC[C@H](CC2)C1. The number of hydrogen-bond donors (Lipinski definition) is 0. The molecule has 10 heavy (non-hydrogen) atoms. The first-order valence-corrected chi connectivity index (χ1v) is 4.53. The topological polar surface area (TPSA) is 3.24 Å². The molecule has 0 spiro atoms. The first kappa shape index (κ1) is 6.66. The molecular formula is C9H17N. The van der Waals surface area contributed by atoms with Gasteiger partial charge in [0.1, 0.15) is 0 Å². The molecule has 2 saturated heterocycles. The zero-order valence-corrected chi connectivity index (χ0v) is 6.84. The molecule has 1 saturated carbocycles. The summed E-state index contributed by atoms with van der Waals surface area (Å²) in [4.78, 5) is 2.52. The van der Waals surface area contributed by atoms with Gasteiger partial charge in [-0.1, -0.05) is 0 Å². The molecule has 3 fully saturated rings. The summed E-state index contributed by atoms with van der Waals surface area (Å²) in [5.74, 6) is 2.09. The zero-order chi connectivity index (χ0) is 6.97. The third kappa shape index (κ3) is 1.20. The van der Waals surface area contributed by atoms with Crippen LogP contribution in [0, 0.1) is 11.8 Å². The van der Waals surface area contributed by atoms with Crippen LogP contribution in [0.3, 0.4) is 0 Å².